The molecule has 2 aromatic carbocycles. The molecule has 40 heavy (non-hydrogen) atoms. The topological polar surface area (TPSA) is 83.9 Å². The zero-order valence-electron chi connectivity index (χ0n) is 22.6. The summed E-state index contributed by atoms with van der Waals surface area (Å²) < 4.78 is 31.3. The summed E-state index contributed by atoms with van der Waals surface area (Å²) in [6.45, 7) is 4.20. The van der Waals surface area contributed by atoms with Gasteiger partial charge in [0, 0.05) is 44.1 Å². The van der Waals surface area contributed by atoms with Crippen molar-refractivity contribution in [3.05, 3.63) is 59.4 Å². The van der Waals surface area contributed by atoms with Gasteiger partial charge in [-0.25, -0.2) is 9.40 Å². The van der Waals surface area contributed by atoms with E-state index in [-0.39, 0.29) is 36.9 Å². The van der Waals surface area contributed by atoms with Crippen LogP contribution in [0.15, 0.2) is 47.6 Å². The van der Waals surface area contributed by atoms with E-state index in [0.29, 0.717) is 55.5 Å². The predicted molar refractivity (Wildman–Crippen MR) is 146 cm³/mol. The van der Waals surface area contributed by atoms with Crippen LogP contribution in [-0.4, -0.2) is 85.1 Å². The van der Waals surface area contributed by atoms with E-state index in [1.807, 2.05) is 18.2 Å². The minimum atomic E-state index is -0.459. The maximum absolute atomic E-state index is 14.8. The number of amides is 2. The van der Waals surface area contributed by atoms with Crippen LogP contribution in [0.3, 0.4) is 0 Å². The molecule has 0 N–H and O–H groups in total. The zero-order chi connectivity index (χ0) is 27.5. The van der Waals surface area contributed by atoms with Crippen LogP contribution in [0.5, 0.6) is 11.5 Å². The summed E-state index contributed by atoms with van der Waals surface area (Å²) in [5, 5.41) is 6.09. The highest BCUT2D eigenvalue weighted by Crippen LogP contribution is 2.39. The van der Waals surface area contributed by atoms with Crippen LogP contribution in [-0.2, 0) is 14.3 Å². The SMILES string of the molecule is O=C(C1CCCC1)N(CCN1CCOCC1)CC(=O)N1N=C(c2ccccc2F)CC1c1ccc2c(c1)OCO2. The Morgan fingerprint density at radius 3 is 2.60 bits per heavy atom. The second kappa shape index (κ2) is 11.9. The van der Waals surface area contributed by atoms with Crippen molar-refractivity contribution in [1.29, 1.82) is 0 Å². The van der Waals surface area contributed by atoms with Gasteiger partial charge in [-0.3, -0.25) is 14.5 Å². The average Bonchev–Trinajstić information content (AvgIpc) is 3.76. The number of hydrogen-bond donors (Lipinski definition) is 0. The molecule has 1 unspecified atom stereocenters. The van der Waals surface area contributed by atoms with E-state index in [1.54, 1.807) is 23.1 Å². The summed E-state index contributed by atoms with van der Waals surface area (Å²) in [6.07, 6.45) is 4.14. The smallest absolute Gasteiger partial charge is 0.262 e. The number of carbonyl (C=O) groups excluding carboxylic acids is 2. The van der Waals surface area contributed by atoms with E-state index < -0.39 is 6.04 Å². The molecule has 0 radical (unpaired) electrons. The van der Waals surface area contributed by atoms with Gasteiger partial charge in [-0.05, 0) is 36.6 Å². The largest absolute Gasteiger partial charge is 0.454 e. The van der Waals surface area contributed by atoms with Crippen LogP contribution >= 0.6 is 0 Å². The second-order valence-electron chi connectivity index (χ2n) is 10.8. The number of ether oxygens (including phenoxy) is 3. The van der Waals surface area contributed by atoms with E-state index in [9.17, 15) is 14.0 Å². The summed E-state index contributed by atoms with van der Waals surface area (Å²) in [7, 11) is 0. The summed E-state index contributed by atoms with van der Waals surface area (Å²) in [4.78, 5) is 31.5. The standard InChI is InChI=1S/C30H35FN4O5/c31-24-8-4-3-7-23(24)25-18-26(22-9-10-27-28(17-22)40-20-39-27)35(32-25)29(36)19-34(30(37)21-5-1-2-6-21)12-11-33-13-15-38-16-14-33/h3-4,7-10,17,21,26H,1-2,5-6,11-16,18-20H2. The molecule has 3 aliphatic heterocycles. The summed E-state index contributed by atoms with van der Waals surface area (Å²) in [5.41, 5.74) is 1.68. The van der Waals surface area contributed by atoms with Crippen molar-refractivity contribution in [2.24, 2.45) is 11.0 Å². The minimum absolute atomic E-state index is 0.0382. The van der Waals surface area contributed by atoms with E-state index >= 15 is 0 Å². The Balaban J connectivity index is 1.26. The Kier molecular flexibility index (Phi) is 7.97. The van der Waals surface area contributed by atoms with Gasteiger partial charge in [0.15, 0.2) is 11.5 Å². The first-order valence-corrected chi connectivity index (χ1v) is 14.2. The molecule has 2 fully saturated rings. The highest BCUT2D eigenvalue weighted by Gasteiger charge is 2.37. The van der Waals surface area contributed by atoms with Gasteiger partial charge in [0.25, 0.3) is 5.91 Å². The first-order valence-electron chi connectivity index (χ1n) is 14.2. The van der Waals surface area contributed by atoms with E-state index in [4.69, 9.17) is 14.2 Å². The van der Waals surface area contributed by atoms with Crippen molar-refractivity contribution < 1.29 is 28.2 Å². The van der Waals surface area contributed by atoms with Crippen molar-refractivity contribution in [1.82, 2.24) is 14.8 Å². The van der Waals surface area contributed by atoms with Gasteiger partial charge >= 0.3 is 0 Å². The van der Waals surface area contributed by atoms with Crippen molar-refractivity contribution in [2.75, 3.05) is 52.7 Å². The normalized spacial score (nSPS) is 21.1. The van der Waals surface area contributed by atoms with E-state index in [0.717, 1.165) is 44.3 Å². The van der Waals surface area contributed by atoms with Gasteiger partial charge in [-0.15, -0.1) is 0 Å². The molecule has 6 rings (SSSR count). The quantitative estimate of drug-likeness (QED) is 0.500. The van der Waals surface area contributed by atoms with Crippen molar-refractivity contribution >= 4 is 17.5 Å². The van der Waals surface area contributed by atoms with Gasteiger partial charge in [-0.2, -0.15) is 5.10 Å². The van der Waals surface area contributed by atoms with Gasteiger partial charge in [0.05, 0.1) is 25.0 Å². The van der Waals surface area contributed by atoms with Crippen LogP contribution in [0.1, 0.15) is 49.3 Å². The highest BCUT2D eigenvalue weighted by molar-refractivity contribution is 6.03. The second-order valence-corrected chi connectivity index (χ2v) is 10.8. The minimum Gasteiger partial charge on any atom is -0.454 e. The van der Waals surface area contributed by atoms with Gasteiger partial charge in [0.1, 0.15) is 12.4 Å². The number of benzene rings is 2. The maximum atomic E-state index is 14.8. The molecule has 0 aromatic heterocycles. The van der Waals surface area contributed by atoms with E-state index in [2.05, 4.69) is 10.0 Å². The Bertz CT molecular complexity index is 1270. The number of nitrogens with zero attached hydrogens (tertiary/aromatic N) is 4. The lowest BCUT2D eigenvalue weighted by Crippen LogP contribution is -2.47. The molecular weight excluding hydrogens is 515 g/mol. The molecule has 10 heteroatoms. The molecule has 1 saturated carbocycles. The monoisotopic (exact) mass is 550 g/mol. The number of hydrazone groups is 1. The molecular formula is C30H35FN4O5. The third-order valence-corrected chi connectivity index (χ3v) is 8.26. The average molecular weight is 551 g/mol. The molecule has 4 aliphatic rings. The fourth-order valence-corrected chi connectivity index (χ4v) is 6.00. The lowest BCUT2D eigenvalue weighted by molar-refractivity contribution is -0.144. The first kappa shape index (κ1) is 26.7. The Morgan fingerprint density at radius 1 is 1.02 bits per heavy atom. The molecule has 1 atom stereocenters. The molecule has 2 amide bonds. The molecule has 1 saturated heterocycles. The van der Waals surface area contributed by atoms with Gasteiger partial charge in [0.2, 0.25) is 12.7 Å². The number of carbonyl (C=O) groups is 2. The number of fused-ring (bicyclic) bond motifs is 1. The Hall–Kier alpha value is -3.50. The molecule has 9 nitrogen and oxygen atoms in total. The summed E-state index contributed by atoms with van der Waals surface area (Å²) in [5.74, 6) is 0.569. The number of rotatable bonds is 8. The van der Waals surface area contributed by atoms with Crippen molar-refractivity contribution in [2.45, 2.75) is 38.1 Å². The lowest BCUT2D eigenvalue weighted by atomic mass is 9.97. The lowest BCUT2D eigenvalue weighted by Gasteiger charge is -2.32. The summed E-state index contributed by atoms with van der Waals surface area (Å²) in [6, 6.07) is 11.6. The third-order valence-electron chi connectivity index (χ3n) is 8.26. The van der Waals surface area contributed by atoms with Crippen LogP contribution in [0.2, 0.25) is 0 Å². The summed E-state index contributed by atoms with van der Waals surface area (Å²) >= 11 is 0. The van der Waals surface area contributed by atoms with Crippen molar-refractivity contribution in [3.8, 4) is 11.5 Å². The molecule has 0 bridgehead atoms. The van der Waals surface area contributed by atoms with E-state index in [1.165, 1.54) is 11.1 Å². The first-order chi connectivity index (χ1) is 19.6. The number of morpholine rings is 1. The molecule has 0 spiro atoms. The van der Waals surface area contributed by atoms with Crippen LogP contribution in [0, 0.1) is 11.7 Å². The highest BCUT2D eigenvalue weighted by atomic mass is 19.1. The van der Waals surface area contributed by atoms with Crippen LogP contribution in [0.25, 0.3) is 0 Å². The molecule has 3 heterocycles. The van der Waals surface area contributed by atoms with Gasteiger partial charge in [-0.1, -0.05) is 37.1 Å². The third kappa shape index (κ3) is 5.69. The molecule has 2 aromatic rings. The van der Waals surface area contributed by atoms with Gasteiger partial charge < -0.3 is 19.1 Å². The Labute approximate surface area is 233 Å². The fourth-order valence-electron chi connectivity index (χ4n) is 6.00. The maximum Gasteiger partial charge on any atom is 0.262 e. The number of halogens is 1. The molecule has 212 valence electrons. The zero-order valence-corrected chi connectivity index (χ0v) is 22.6. The van der Waals surface area contributed by atoms with Crippen molar-refractivity contribution in [3.63, 3.8) is 0 Å². The van der Waals surface area contributed by atoms with Crippen LogP contribution < -0.4 is 9.47 Å². The van der Waals surface area contributed by atoms with Crippen LogP contribution in [0.4, 0.5) is 4.39 Å². The predicted octanol–water partition coefficient (Wildman–Crippen LogP) is 3.58. The fraction of sp³-hybridized carbons (Fsp3) is 0.500. The molecule has 1 aliphatic carbocycles. The number of hydrogen-bond acceptors (Lipinski definition) is 7. The Morgan fingerprint density at radius 2 is 1.80 bits per heavy atom.